The number of amides is 1. The van der Waals surface area contributed by atoms with Crippen molar-refractivity contribution in [1.29, 1.82) is 0 Å². The van der Waals surface area contributed by atoms with Gasteiger partial charge in [-0.25, -0.2) is 4.98 Å². The third-order valence-electron chi connectivity index (χ3n) is 2.83. The summed E-state index contributed by atoms with van der Waals surface area (Å²) in [4.78, 5) is 17.7. The molecule has 1 aromatic rings. The van der Waals surface area contributed by atoms with E-state index in [2.05, 4.69) is 4.98 Å². The fraction of sp³-hybridized carbons (Fsp3) is 0.455. The van der Waals surface area contributed by atoms with Crippen molar-refractivity contribution in [3.05, 3.63) is 28.0 Å². The number of carbonyl (C=O) groups excluding carboxylic acids is 1. The lowest BCUT2D eigenvalue weighted by molar-refractivity contribution is 0.0711. The second-order valence-electron chi connectivity index (χ2n) is 3.92. The van der Waals surface area contributed by atoms with E-state index in [1.165, 1.54) is 12.3 Å². The summed E-state index contributed by atoms with van der Waals surface area (Å²) in [6, 6.07) is 1.59. The molecule has 0 spiro atoms. The van der Waals surface area contributed by atoms with Crippen LogP contribution in [0.4, 0.5) is 0 Å². The number of ether oxygens (including phenoxy) is 1. The Balaban J connectivity index is 2.20. The molecule has 92 valence electrons. The fourth-order valence-electron chi connectivity index (χ4n) is 1.76. The van der Waals surface area contributed by atoms with Gasteiger partial charge < -0.3 is 9.64 Å². The molecule has 2 heterocycles. The van der Waals surface area contributed by atoms with Gasteiger partial charge in [-0.1, -0.05) is 23.2 Å². The first-order chi connectivity index (χ1) is 8.09. The average Bonchev–Trinajstić information content (AvgIpc) is 2.84. The number of nitrogens with zero attached hydrogens (tertiary/aromatic N) is 2. The predicted octanol–water partition coefficient (Wildman–Crippen LogP) is 2.25. The van der Waals surface area contributed by atoms with Gasteiger partial charge in [-0.2, -0.15) is 0 Å². The highest BCUT2D eigenvalue weighted by Gasteiger charge is 2.26. The molecule has 0 aromatic carbocycles. The number of carbonyl (C=O) groups is 1. The highest BCUT2D eigenvalue weighted by atomic mass is 35.5. The zero-order chi connectivity index (χ0) is 12.4. The highest BCUT2D eigenvalue weighted by molar-refractivity contribution is 6.35. The molecule has 1 fully saturated rings. The van der Waals surface area contributed by atoms with E-state index >= 15 is 0 Å². The molecule has 0 saturated carbocycles. The van der Waals surface area contributed by atoms with Crippen LogP contribution in [0.3, 0.4) is 0 Å². The number of hydrogen-bond donors (Lipinski definition) is 0. The van der Waals surface area contributed by atoms with Crippen molar-refractivity contribution in [3.8, 4) is 0 Å². The Bertz CT molecular complexity index is 433. The summed E-state index contributed by atoms with van der Waals surface area (Å²) in [5.74, 6) is -0.158. The first-order valence-electron chi connectivity index (χ1n) is 5.25. The zero-order valence-corrected chi connectivity index (χ0v) is 10.8. The molecule has 1 aromatic heterocycles. The molecular weight excluding hydrogens is 263 g/mol. The molecule has 2 rings (SSSR count). The van der Waals surface area contributed by atoms with Gasteiger partial charge in [0.1, 0.15) is 5.15 Å². The number of pyridine rings is 1. The minimum atomic E-state index is -0.158. The summed E-state index contributed by atoms with van der Waals surface area (Å²) < 4.78 is 5.25. The standard InChI is InChI=1S/C11H12Cl2N2O2/c1-15(7-2-3-17-6-7)11(16)8-4-10(13)14-5-9(8)12/h4-5,7H,2-3,6H2,1H3. The summed E-state index contributed by atoms with van der Waals surface area (Å²) in [6.07, 6.45) is 2.23. The fourth-order valence-corrected chi connectivity index (χ4v) is 2.10. The third-order valence-corrected chi connectivity index (χ3v) is 3.33. The SMILES string of the molecule is CN(C(=O)c1cc(Cl)ncc1Cl)C1CCOC1. The Kier molecular flexibility index (Phi) is 3.86. The Morgan fingerprint density at radius 2 is 2.35 bits per heavy atom. The molecule has 1 saturated heterocycles. The normalized spacial score (nSPS) is 19.4. The summed E-state index contributed by atoms with van der Waals surface area (Å²) in [6.45, 7) is 1.26. The van der Waals surface area contributed by atoms with Crippen molar-refractivity contribution in [2.24, 2.45) is 0 Å². The monoisotopic (exact) mass is 274 g/mol. The van der Waals surface area contributed by atoms with Gasteiger partial charge in [0.2, 0.25) is 0 Å². The molecule has 6 heteroatoms. The Hall–Kier alpha value is -0.840. The first kappa shape index (κ1) is 12.6. The zero-order valence-electron chi connectivity index (χ0n) is 9.32. The minimum absolute atomic E-state index is 0.102. The van der Waals surface area contributed by atoms with Crippen LogP contribution in [0.1, 0.15) is 16.8 Å². The molecule has 0 radical (unpaired) electrons. The maximum Gasteiger partial charge on any atom is 0.255 e. The van der Waals surface area contributed by atoms with Gasteiger partial charge in [-0.3, -0.25) is 4.79 Å². The van der Waals surface area contributed by atoms with Crippen LogP contribution >= 0.6 is 23.2 Å². The van der Waals surface area contributed by atoms with Crippen molar-refractivity contribution < 1.29 is 9.53 Å². The van der Waals surface area contributed by atoms with E-state index < -0.39 is 0 Å². The molecular formula is C11H12Cl2N2O2. The Labute approximate surface area is 109 Å². The van der Waals surface area contributed by atoms with Crippen molar-refractivity contribution in [2.45, 2.75) is 12.5 Å². The third kappa shape index (κ3) is 2.70. The molecule has 0 N–H and O–H groups in total. The molecule has 0 bridgehead atoms. The van der Waals surface area contributed by atoms with E-state index in [0.717, 1.165) is 6.42 Å². The largest absolute Gasteiger partial charge is 0.379 e. The molecule has 1 unspecified atom stereocenters. The van der Waals surface area contributed by atoms with E-state index in [4.69, 9.17) is 27.9 Å². The molecule has 1 atom stereocenters. The summed E-state index contributed by atoms with van der Waals surface area (Å²) in [5.41, 5.74) is 0.376. The van der Waals surface area contributed by atoms with Crippen LogP contribution in [0.25, 0.3) is 0 Å². The predicted molar refractivity (Wildman–Crippen MR) is 65.6 cm³/mol. The summed E-state index contributed by atoms with van der Waals surface area (Å²) >= 11 is 11.7. The van der Waals surface area contributed by atoms with Gasteiger partial charge in [0.05, 0.1) is 23.2 Å². The number of aromatic nitrogens is 1. The van der Waals surface area contributed by atoms with Crippen LogP contribution in [0.2, 0.25) is 10.2 Å². The van der Waals surface area contributed by atoms with E-state index in [9.17, 15) is 4.79 Å². The van der Waals surface area contributed by atoms with Crippen LogP contribution in [0, 0.1) is 0 Å². The van der Waals surface area contributed by atoms with Gasteiger partial charge in [-0.05, 0) is 12.5 Å². The van der Waals surface area contributed by atoms with E-state index in [0.29, 0.717) is 23.8 Å². The first-order valence-corrected chi connectivity index (χ1v) is 6.01. The smallest absolute Gasteiger partial charge is 0.255 e. The van der Waals surface area contributed by atoms with Gasteiger partial charge in [0, 0.05) is 19.9 Å². The van der Waals surface area contributed by atoms with Crippen LogP contribution in [0.5, 0.6) is 0 Å². The molecule has 0 aliphatic carbocycles. The second kappa shape index (κ2) is 5.21. The summed E-state index contributed by atoms with van der Waals surface area (Å²) in [5, 5.41) is 0.569. The van der Waals surface area contributed by atoms with E-state index in [-0.39, 0.29) is 17.1 Å². The van der Waals surface area contributed by atoms with E-state index in [1.54, 1.807) is 11.9 Å². The summed E-state index contributed by atoms with van der Waals surface area (Å²) in [7, 11) is 1.74. The lowest BCUT2D eigenvalue weighted by Gasteiger charge is -2.23. The Morgan fingerprint density at radius 3 is 3.00 bits per heavy atom. The van der Waals surface area contributed by atoms with Crippen molar-refractivity contribution in [1.82, 2.24) is 9.88 Å². The second-order valence-corrected chi connectivity index (χ2v) is 4.71. The number of halogens is 2. The molecule has 1 amide bonds. The number of rotatable bonds is 2. The number of likely N-dealkylation sites (N-methyl/N-ethyl adjacent to an activating group) is 1. The lowest BCUT2D eigenvalue weighted by atomic mass is 10.2. The maximum absolute atomic E-state index is 12.2. The Morgan fingerprint density at radius 1 is 1.59 bits per heavy atom. The molecule has 1 aliphatic rings. The maximum atomic E-state index is 12.2. The van der Waals surface area contributed by atoms with Crippen molar-refractivity contribution in [2.75, 3.05) is 20.3 Å². The van der Waals surface area contributed by atoms with Gasteiger partial charge >= 0.3 is 0 Å². The quantitative estimate of drug-likeness (QED) is 0.777. The van der Waals surface area contributed by atoms with Gasteiger partial charge in [0.25, 0.3) is 5.91 Å². The molecule has 1 aliphatic heterocycles. The van der Waals surface area contributed by atoms with Crippen LogP contribution < -0.4 is 0 Å². The average molecular weight is 275 g/mol. The van der Waals surface area contributed by atoms with Crippen molar-refractivity contribution >= 4 is 29.1 Å². The molecule has 4 nitrogen and oxygen atoms in total. The highest BCUT2D eigenvalue weighted by Crippen LogP contribution is 2.21. The van der Waals surface area contributed by atoms with E-state index in [1.807, 2.05) is 0 Å². The van der Waals surface area contributed by atoms with Gasteiger partial charge in [-0.15, -0.1) is 0 Å². The lowest BCUT2D eigenvalue weighted by Crippen LogP contribution is -2.37. The van der Waals surface area contributed by atoms with Crippen LogP contribution in [0.15, 0.2) is 12.3 Å². The van der Waals surface area contributed by atoms with Crippen molar-refractivity contribution in [3.63, 3.8) is 0 Å². The molecule has 17 heavy (non-hydrogen) atoms. The minimum Gasteiger partial charge on any atom is -0.379 e. The van der Waals surface area contributed by atoms with Crippen LogP contribution in [-0.2, 0) is 4.74 Å². The number of hydrogen-bond acceptors (Lipinski definition) is 3. The topological polar surface area (TPSA) is 42.4 Å². The van der Waals surface area contributed by atoms with Gasteiger partial charge in [0.15, 0.2) is 0 Å². The van der Waals surface area contributed by atoms with Crippen LogP contribution in [-0.4, -0.2) is 42.1 Å².